The van der Waals surface area contributed by atoms with Crippen LogP contribution in [0.3, 0.4) is 0 Å². The third kappa shape index (κ3) is 1.04. The number of rotatable bonds is 1. The van der Waals surface area contributed by atoms with Gasteiger partial charge in [-0.1, -0.05) is 19.1 Å². The molecule has 3 unspecified atom stereocenters. The van der Waals surface area contributed by atoms with Crippen LogP contribution in [-0.4, -0.2) is 24.6 Å². The Kier molecular flexibility index (Phi) is 1.96. The fourth-order valence-corrected chi connectivity index (χ4v) is 1.84. The molecule has 2 aliphatic heterocycles. The van der Waals surface area contributed by atoms with Gasteiger partial charge in [-0.05, 0) is 6.92 Å². The number of carbonyl (C=O) groups is 2. The average Bonchev–Trinajstić information content (AvgIpc) is 2.72. The summed E-state index contributed by atoms with van der Waals surface area (Å²) in [4.78, 5) is 22.8. The van der Waals surface area contributed by atoms with Gasteiger partial charge >= 0.3 is 11.9 Å². The lowest BCUT2D eigenvalue weighted by molar-refractivity contribution is -0.156. The Balaban J connectivity index is 2.33. The summed E-state index contributed by atoms with van der Waals surface area (Å²) in [6.07, 6.45) is 3.33. The maximum absolute atomic E-state index is 11.5. The first-order valence-corrected chi connectivity index (χ1v) is 4.61. The van der Waals surface area contributed by atoms with Crippen LogP contribution >= 0.6 is 0 Å². The Morgan fingerprint density at radius 3 is 2.64 bits per heavy atom. The standard InChI is InChI=1S/C10H12O4/c1-6-8(11)14-9(12)10(6,2)7-4-3-5-13-7/h3-4,6-7H,5H2,1-2H3. The molecule has 0 amide bonds. The van der Waals surface area contributed by atoms with Gasteiger partial charge in [0.15, 0.2) is 0 Å². The van der Waals surface area contributed by atoms with Crippen molar-refractivity contribution in [1.29, 1.82) is 0 Å². The summed E-state index contributed by atoms with van der Waals surface area (Å²) in [6, 6.07) is 0. The van der Waals surface area contributed by atoms with Crippen LogP contribution in [0.2, 0.25) is 0 Å². The van der Waals surface area contributed by atoms with Crippen LogP contribution in [0.5, 0.6) is 0 Å². The minimum absolute atomic E-state index is 0.337. The fourth-order valence-electron chi connectivity index (χ4n) is 1.84. The van der Waals surface area contributed by atoms with Gasteiger partial charge in [-0.2, -0.15) is 0 Å². The van der Waals surface area contributed by atoms with E-state index in [2.05, 4.69) is 4.74 Å². The van der Waals surface area contributed by atoms with E-state index in [0.29, 0.717) is 6.61 Å². The molecule has 0 spiro atoms. The molecule has 0 aromatic heterocycles. The van der Waals surface area contributed by atoms with Gasteiger partial charge in [-0.3, -0.25) is 9.59 Å². The second kappa shape index (κ2) is 2.92. The van der Waals surface area contributed by atoms with Crippen molar-refractivity contribution in [3.8, 4) is 0 Å². The molecular weight excluding hydrogens is 184 g/mol. The van der Waals surface area contributed by atoms with E-state index in [-0.39, 0.29) is 6.10 Å². The quantitative estimate of drug-likeness (QED) is 0.351. The lowest BCUT2D eigenvalue weighted by atomic mass is 9.75. The van der Waals surface area contributed by atoms with E-state index in [1.807, 2.05) is 12.2 Å². The number of carbonyl (C=O) groups excluding carboxylic acids is 2. The molecule has 2 heterocycles. The summed E-state index contributed by atoms with van der Waals surface area (Å²) in [7, 11) is 0. The highest BCUT2D eigenvalue weighted by atomic mass is 16.6. The molecule has 76 valence electrons. The second-order valence-electron chi connectivity index (χ2n) is 3.90. The summed E-state index contributed by atoms with van der Waals surface area (Å²) in [6.45, 7) is 3.91. The van der Waals surface area contributed by atoms with Crippen LogP contribution in [0, 0.1) is 11.3 Å². The van der Waals surface area contributed by atoms with Gasteiger partial charge in [0.1, 0.15) is 5.41 Å². The Bertz CT molecular complexity index is 320. The van der Waals surface area contributed by atoms with E-state index < -0.39 is 23.3 Å². The van der Waals surface area contributed by atoms with Crippen molar-refractivity contribution in [3.05, 3.63) is 12.2 Å². The first-order chi connectivity index (χ1) is 6.56. The minimum Gasteiger partial charge on any atom is -0.392 e. The van der Waals surface area contributed by atoms with Gasteiger partial charge in [0.05, 0.1) is 18.6 Å². The highest BCUT2D eigenvalue weighted by molar-refractivity contribution is 5.99. The van der Waals surface area contributed by atoms with Crippen LogP contribution < -0.4 is 0 Å². The van der Waals surface area contributed by atoms with Crippen LogP contribution in [0.1, 0.15) is 13.8 Å². The van der Waals surface area contributed by atoms with Gasteiger partial charge in [-0.25, -0.2) is 0 Å². The predicted octanol–water partition coefficient (Wildman–Crippen LogP) is 0.667. The van der Waals surface area contributed by atoms with Crippen LogP contribution in [-0.2, 0) is 19.1 Å². The van der Waals surface area contributed by atoms with E-state index in [9.17, 15) is 9.59 Å². The smallest absolute Gasteiger partial charge is 0.323 e. The van der Waals surface area contributed by atoms with Crippen molar-refractivity contribution < 1.29 is 19.1 Å². The maximum Gasteiger partial charge on any atom is 0.323 e. The monoisotopic (exact) mass is 196 g/mol. The molecule has 2 aliphatic rings. The maximum atomic E-state index is 11.5. The first kappa shape index (κ1) is 9.40. The molecule has 14 heavy (non-hydrogen) atoms. The Labute approximate surface area is 81.9 Å². The van der Waals surface area contributed by atoms with Crippen LogP contribution in [0.25, 0.3) is 0 Å². The highest BCUT2D eigenvalue weighted by Crippen LogP contribution is 2.42. The molecule has 1 fully saturated rings. The number of hydrogen-bond acceptors (Lipinski definition) is 4. The molecule has 0 bridgehead atoms. The van der Waals surface area contributed by atoms with Crippen molar-refractivity contribution >= 4 is 11.9 Å². The molecule has 0 N–H and O–H groups in total. The minimum atomic E-state index is -0.857. The van der Waals surface area contributed by atoms with E-state index in [4.69, 9.17) is 4.74 Å². The molecule has 0 aliphatic carbocycles. The number of esters is 2. The number of cyclic esters (lactones) is 2. The third-order valence-corrected chi connectivity index (χ3v) is 3.16. The van der Waals surface area contributed by atoms with Gasteiger partial charge in [-0.15, -0.1) is 0 Å². The average molecular weight is 196 g/mol. The zero-order valence-electron chi connectivity index (χ0n) is 8.15. The van der Waals surface area contributed by atoms with Gasteiger partial charge < -0.3 is 9.47 Å². The summed E-state index contributed by atoms with van der Waals surface area (Å²) >= 11 is 0. The molecule has 3 atom stereocenters. The van der Waals surface area contributed by atoms with Crippen LogP contribution in [0.15, 0.2) is 12.2 Å². The number of ether oxygens (including phenoxy) is 2. The lowest BCUT2D eigenvalue weighted by Crippen LogP contribution is -2.40. The zero-order chi connectivity index (χ0) is 10.3. The predicted molar refractivity (Wildman–Crippen MR) is 47.3 cm³/mol. The Morgan fingerprint density at radius 2 is 2.21 bits per heavy atom. The van der Waals surface area contributed by atoms with Crippen molar-refractivity contribution in [2.24, 2.45) is 11.3 Å². The fraction of sp³-hybridized carbons (Fsp3) is 0.600. The Hall–Kier alpha value is -1.16. The summed E-state index contributed by atoms with van der Waals surface area (Å²) in [5.41, 5.74) is -0.857. The van der Waals surface area contributed by atoms with Crippen molar-refractivity contribution in [2.75, 3.05) is 6.61 Å². The second-order valence-corrected chi connectivity index (χ2v) is 3.90. The SMILES string of the molecule is CC1C(=O)OC(=O)C1(C)C1C=CCO1. The van der Waals surface area contributed by atoms with E-state index in [0.717, 1.165) is 0 Å². The normalized spacial score (nSPS) is 41.9. The third-order valence-electron chi connectivity index (χ3n) is 3.16. The van der Waals surface area contributed by atoms with E-state index in [1.165, 1.54) is 0 Å². The van der Waals surface area contributed by atoms with Gasteiger partial charge in [0.25, 0.3) is 0 Å². The molecular formula is C10H12O4. The highest BCUT2D eigenvalue weighted by Gasteiger charge is 2.57. The molecule has 0 radical (unpaired) electrons. The molecule has 0 aromatic carbocycles. The molecule has 4 nitrogen and oxygen atoms in total. The lowest BCUT2D eigenvalue weighted by Gasteiger charge is -2.27. The zero-order valence-corrected chi connectivity index (χ0v) is 8.15. The molecule has 0 saturated carbocycles. The summed E-state index contributed by atoms with van der Waals surface area (Å²) in [5, 5.41) is 0. The molecule has 1 saturated heterocycles. The topological polar surface area (TPSA) is 52.6 Å². The molecule has 4 heteroatoms. The largest absolute Gasteiger partial charge is 0.392 e. The number of hydrogen-bond donors (Lipinski definition) is 0. The molecule has 0 aromatic rings. The summed E-state index contributed by atoms with van der Waals surface area (Å²) < 4.78 is 9.97. The van der Waals surface area contributed by atoms with Gasteiger partial charge in [0.2, 0.25) is 0 Å². The van der Waals surface area contributed by atoms with Gasteiger partial charge in [0, 0.05) is 0 Å². The molecule has 2 rings (SSSR count). The van der Waals surface area contributed by atoms with Crippen LogP contribution in [0.4, 0.5) is 0 Å². The van der Waals surface area contributed by atoms with E-state index >= 15 is 0 Å². The summed E-state index contributed by atoms with van der Waals surface area (Å²) in [5.74, 6) is -1.38. The first-order valence-electron chi connectivity index (χ1n) is 4.61. The van der Waals surface area contributed by atoms with E-state index in [1.54, 1.807) is 13.8 Å². The van der Waals surface area contributed by atoms with Crippen molar-refractivity contribution in [3.63, 3.8) is 0 Å². The van der Waals surface area contributed by atoms with Crippen molar-refractivity contribution in [1.82, 2.24) is 0 Å². The van der Waals surface area contributed by atoms with Crippen molar-refractivity contribution in [2.45, 2.75) is 20.0 Å². The Morgan fingerprint density at radius 1 is 1.50 bits per heavy atom.